The summed E-state index contributed by atoms with van der Waals surface area (Å²) in [5.74, 6) is -4.68. The molecule has 139 heavy (non-hydrogen) atoms. The Morgan fingerprint density at radius 1 is 0.252 bits per heavy atom. The number of carbonyl (C=O) groups is 12. The number of benzene rings is 6. The van der Waals surface area contributed by atoms with E-state index in [9.17, 15) is 19.2 Å². The summed E-state index contributed by atoms with van der Waals surface area (Å²) < 4.78 is 0. The Labute approximate surface area is 833 Å². The normalized spacial score (nSPS) is 12.9. The van der Waals surface area contributed by atoms with E-state index in [1.54, 1.807) is 29.4 Å². The van der Waals surface area contributed by atoms with Crippen molar-refractivity contribution in [2.75, 3.05) is 111 Å². The minimum absolute atomic E-state index is 0.00867. The predicted molar refractivity (Wildman–Crippen MR) is 560 cm³/mol. The molecule has 23 nitrogen and oxygen atoms in total. The Balaban J connectivity index is 1.32. The van der Waals surface area contributed by atoms with E-state index >= 15 is 38.4 Å². The second kappa shape index (κ2) is 66.6. The Morgan fingerprint density at radius 2 is 0.460 bits per heavy atom. The fourth-order valence-electron chi connectivity index (χ4n) is 18.8. The molecule has 764 valence electrons. The number of unbranched alkanes of at least 4 members (excludes halogenated alkanes) is 5. The molecule has 23 heteroatoms. The molecule has 0 fully saturated rings. The molecule has 6 rings (SSSR count). The number of Topliss-reactive ketones (excluding diaryl/α,β-unsaturated/α-hetero) is 6. The average Bonchev–Trinajstić information content (AvgIpc) is 0.856. The lowest BCUT2D eigenvalue weighted by Gasteiger charge is -2.32. The average molecular weight is 1910 g/mol. The van der Waals surface area contributed by atoms with Crippen molar-refractivity contribution in [2.45, 2.75) is 274 Å². The summed E-state index contributed by atoms with van der Waals surface area (Å²) in [7, 11) is 0. The summed E-state index contributed by atoms with van der Waals surface area (Å²) in [6.45, 7) is 17.7. The molecule has 6 aromatic carbocycles. The lowest BCUT2D eigenvalue weighted by atomic mass is 9.82. The van der Waals surface area contributed by atoms with Crippen LogP contribution in [-0.4, -0.2) is 211 Å². The summed E-state index contributed by atoms with van der Waals surface area (Å²) in [6.07, 6.45) is 14.3. The fourth-order valence-corrected chi connectivity index (χ4v) is 18.8. The first-order valence-corrected chi connectivity index (χ1v) is 52.2. The van der Waals surface area contributed by atoms with Gasteiger partial charge in [0.05, 0.1) is 39.3 Å². The lowest BCUT2D eigenvalue weighted by molar-refractivity contribution is -0.139. The van der Waals surface area contributed by atoms with Gasteiger partial charge in [0, 0.05) is 115 Å². The number of hydrogen-bond donors (Lipinski definition) is 5. The number of ketones is 6. The first-order chi connectivity index (χ1) is 66.7. The van der Waals surface area contributed by atoms with Crippen LogP contribution in [0.5, 0.6) is 0 Å². The summed E-state index contributed by atoms with van der Waals surface area (Å²) in [6, 6.07) is 58.2. The van der Waals surface area contributed by atoms with Crippen molar-refractivity contribution in [3.05, 3.63) is 215 Å². The van der Waals surface area contributed by atoms with Crippen molar-refractivity contribution in [1.82, 2.24) is 29.4 Å². The quantitative estimate of drug-likeness (QED) is 0.0221. The first kappa shape index (κ1) is 118. The van der Waals surface area contributed by atoms with Crippen molar-refractivity contribution < 1.29 is 57.5 Å². The molecule has 6 amide bonds. The minimum Gasteiger partial charge on any atom is -0.335 e. The summed E-state index contributed by atoms with van der Waals surface area (Å²) in [5.41, 5.74) is 35.5. The van der Waals surface area contributed by atoms with Crippen LogP contribution in [0.4, 0.5) is 0 Å². The van der Waals surface area contributed by atoms with Gasteiger partial charge in [-0.05, 0) is 229 Å². The molecule has 10 N–H and O–H groups in total. The molecule has 0 aliphatic carbocycles. The Bertz CT molecular complexity index is 4550. The van der Waals surface area contributed by atoms with Crippen LogP contribution in [0.15, 0.2) is 182 Å². The molecule has 0 aliphatic rings. The number of hydrogen-bond acceptors (Lipinski definition) is 17. The molecule has 0 radical (unpaired) electrons. The standard InChI is InChI=1S/C116H173N11O12/c1-90(2)54-60-109(134)126(87-106(131)74-99(51-29-34-68-119)79-123(111(136)62-56-92-39-17-10-18-40-92)85-104(129)75-100(52-30-35-69-120)81-127(89-108(133)116(6,7)8)114(139)65-59-95-45-23-13-24-46-95)83-102(71-96-47-25-14-26-48-96)76-107(132)88-124(112(137)63-57-93-41-19-11-20-42-93)80-97(49-27-32-66-117)72-103(128)84-122(110(135)61-55-91-37-15-9-16-38-91)78-98(50-28-33-67-118)73-105(130)86-125(113(138)64-58-94-43-21-12-22-44-94)82-101(53-31-36-70-121)77-115(3,4)5/h9-26,37-48,90,97-102H,27-36,49-89,117-121H2,1-8H3/t97-,98-,99-,100-,101-,102-/m1/s1. The van der Waals surface area contributed by atoms with Gasteiger partial charge in [0.25, 0.3) is 0 Å². The zero-order chi connectivity index (χ0) is 101. The minimum atomic E-state index is -0.740. The van der Waals surface area contributed by atoms with E-state index in [4.69, 9.17) is 28.7 Å². The molecular weight excluding hydrogens is 1740 g/mol. The largest absolute Gasteiger partial charge is 0.335 e. The number of amides is 6. The second-order valence-electron chi connectivity index (χ2n) is 42.0. The molecule has 0 saturated carbocycles. The highest BCUT2D eigenvalue weighted by atomic mass is 16.2. The number of rotatable bonds is 75. The monoisotopic (exact) mass is 1910 g/mol. The molecule has 0 aliphatic heterocycles. The van der Waals surface area contributed by atoms with Crippen LogP contribution in [0.3, 0.4) is 0 Å². The topological polar surface area (TPSA) is 354 Å². The van der Waals surface area contributed by atoms with Crippen molar-refractivity contribution in [3.8, 4) is 0 Å². The third kappa shape index (κ3) is 50.8. The van der Waals surface area contributed by atoms with Crippen molar-refractivity contribution in [2.24, 2.45) is 80.9 Å². The van der Waals surface area contributed by atoms with Gasteiger partial charge >= 0.3 is 0 Å². The van der Waals surface area contributed by atoms with Gasteiger partial charge in [-0.25, -0.2) is 0 Å². The molecule has 0 bridgehead atoms. The molecular formula is C116H173N11O12. The molecule has 0 saturated heterocycles. The van der Waals surface area contributed by atoms with Crippen LogP contribution in [-0.2, 0) is 96.1 Å². The van der Waals surface area contributed by atoms with E-state index in [-0.39, 0.29) is 236 Å². The van der Waals surface area contributed by atoms with E-state index in [0.717, 1.165) is 59.1 Å². The number of nitrogens with two attached hydrogens (primary N) is 5. The Morgan fingerprint density at radius 3 is 0.691 bits per heavy atom. The van der Waals surface area contributed by atoms with Gasteiger partial charge in [-0.1, -0.05) is 269 Å². The zero-order valence-electron chi connectivity index (χ0n) is 85.9. The molecule has 6 atom stereocenters. The van der Waals surface area contributed by atoms with E-state index in [1.165, 1.54) is 0 Å². The van der Waals surface area contributed by atoms with Crippen LogP contribution in [0.2, 0.25) is 0 Å². The van der Waals surface area contributed by atoms with Crippen LogP contribution >= 0.6 is 0 Å². The zero-order valence-corrected chi connectivity index (χ0v) is 85.9. The van der Waals surface area contributed by atoms with Crippen molar-refractivity contribution in [1.29, 1.82) is 0 Å². The van der Waals surface area contributed by atoms with Crippen LogP contribution < -0.4 is 28.7 Å². The summed E-state index contributed by atoms with van der Waals surface area (Å²) in [4.78, 5) is 189. The van der Waals surface area contributed by atoms with Gasteiger partial charge in [-0.15, -0.1) is 0 Å². The number of aryl methyl sites for hydroxylation is 5. The van der Waals surface area contributed by atoms with Crippen molar-refractivity contribution in [3.63, 3.8) is 0 Å². The van der Waals surface area contributed by atoms with Gasteiger partial charge in [0.2, 0.25) is 35.4 Å². The first-order valence-electron chi connectivity index (χ1n) is 52.2. The van der Waals surface area contributed by atoms with Crippen LogP contribution in [0.25, 0.3) is 0 Å². The highest BCUT2D eigenvalue weighted by Crippen LogP contribution is 2.31. The smallest absolute Gasteiger partial charge is 0.223 e. The number of carbonyl (C=O) groups excluding carboxylic acids is 12. The van der Waals surface area contributed by atoms with Gasteiger partial charge in [-0.2, -0.15) is 0 Å². The fraction of sp³-hybridized carbons (Fsp3) is 0.586. The lowest BCUT2D eigenvalue weighted by Crippen LogP contribution is -2.44. The highest BCUT2D eigenvalue weighted by molar-refractivity contribution is 5.92. The van der Waals surface area contributed by atoms with Gasteiger partial charge in [0.15, 0.2) is 34.7 Å². The maximum atomic E-state index is 15.6. The van der Waals surface area contributed by atoms with E-state index < -0.39 is 29.1 Å². The van der Waals surface area contributed by atoms with Gasteiger partial charge in [-0.3, -0.25) is 57.5 Å². The van der Waals surface area contributed by atoms with Crippen LogP contribution in [0, 0.1) is 52.3 Å². The predicted octanol–water partition coefficient (Wildman–Crippen LogP) is 17.0. The van der Waals surface area contributed by atoms with E-state index in [1.807, 2.05) is 217 Å². The second-order valence-corrected chi connectivity index (χ2v) is 42.0. The third-order valence-corrected chi connectivity index (χ3v) is 26.5. The SMILES string of the molecule is CC(C)CCC(=O)N(CC(=O)C[C@@H](CCCCN)CN(CC(=O)C[C@@H](CCCCN)CN(CC(=O)C(C)(C)C)C(=O)CCc1ccccc1)C(=O)CCc1ccccc1)C[C@@H](CC(=O)CN(C[C@H](CCCCN)CC(=O)CN(C[C@H](CCCCN)CC(=O)CN(C[C@H](CCCCN)CC(C)(C)C)C(=O)CCc1ccccc1)C(=O)CCc1ccccc1)C(=O)CCc1ccccc1)Cc1ccccc1. The molecule has 0 heterocycles. The maximum absolute atomic E-state index is 15.6. The molecule has 0 spiro atoms. The van der Waals surface area contributed by atoms with E-state index in [0.29, 0.717) is 161 Å². The summed E-state index contributed by atoms with van der Waals surface area (Å²) >= 11 is 0. The highest BCUT2D eigenvalue weighted by Gasteiger charge is 2.35. The Kier molecular flexibility index (Phi) is 56.4. The van der Waals surface area contributed by atoms with Gasteiger partial charge < -0.3 is 58.1 Å². The maximum Gasteiger partial charge on any atom is 0.223 e. The van der Waals surface area contributed by atoms with Gasteiger partial charge in [0.1, 0.15) is 0 Å². The van der Waals surface area contributed by atoms with E-state index in [2.05, 4.69) is 20.8 Å². The van der Waals surface area contributed by atoms with Crippen LogP contribution in [0.1, 0.15) is 269 Å². The molecule has 0 unspecified atom stereocenters. The number of nitrogens with zero attached hydrogens (tertiary/aromatic N) is 6. The Hall–Kier alpha value is -10.0. The summed E-state index contributed by atoms with van der Waals surface area (Å²) in [5, 5.41) is 0. The molecule has 6 aromatic rings. The third-order valence-electron chi connectivity index (χ3n) is 26.5. The van der Waals surface area contributed by atoms with Crippen molar-refractivity contribution >= 4 is 70.1 Å². The molecule has 0 aromatic heterocycles.